The molecule has 1 aromatic carbocycles. The Morgan fingerprint density at radius 3 is 2.18 bits per heavy atom. The van der Waals surface area contributed by atoms with Gasteiger partial charge in [0.15, 0.2) is 0 Å². The number of hydrogen-bond acceptors (Lipinski definition) is 6. The minimum absolute atomic E-state index is 0.00440. The monoisotopic (exact) mass is 534 g/mol. The molecule has 2 heterocycles. The zero-order chi connectivity index (χ0) is 29.1. The average molecular weight is 535 g/mol. The topological polar surface area (TPSA) is 87.8 Å². The summed E-state index contributed by atoms with van der Waals surface area (Å²) in [5.74, 6) is 1.26. The summed E-state index contributed by atoms with van der Waals surface area (Å²) in [6.45, 7) is 11.6. The molecule has 1 amide bonds. The van der Waals surface area contributed by atoms with Crippen molar-refractivity contribution < 1.29 is 14.3 Å². The number of rotatable bonds is 7. The van der Waals surface area contributed by atoms with Gasteiger partial charge in [-0.15, -0.1) is 0 Å². The third kappa shape index (κ3) is 6.72. The zero-order valence-electron chi connectivity index (χ0n) is 24.8. The lowest BCUT2D eigenvalue weighted by Gasteiger charge is -2.37. The highest BCUT2D eigenvalue weighted by molar-refractivity contribution is 5.97. The van der Waals surface area contributed by atoms with Crippen molar-refractivity contribution in [2.24, 2.45) is 12.5 Å². The Hall–Kier alpha value is -3.57. The third-order valence-electron chi connectivity index (χ3n) is 7.56. The molecule has 2 aromatic rings. The summed E-state index contributed by atoms with van der Waals surface area (Å²) in [7, 11) is 7.15. The SMILES string of the molecule is COc1cc(-c2cn(C)c(=O)c(C)c2C)cc(OC)c1CN(C)C1CCN(C(=O)/C(C#N)=C/C(C)(C)C)CC1. The molecule has 39 heavy (non-hydrogen) atoms. The van der Waals surface area contributed by atoms with E-state index in [0.29, 0.717) is 19.6 Å². The van der Waals surface area contributed by atoms with Crippen molar-refractivity contribution in [3.05, 3.63) is 57.0 Å². The Morgan fingerprint density at radius 2 is 1.69 bits per heavy atom. The fraction of sp³-hybridized carbons (Fsp3) is 0.516. The van der Waals surface area contributed by atoms with Crippen LogP contribution in [0.2, 0.25) is 0 Å². The van der Waals surface area contributed by atoms with Gasteiger partial charge in [-0.05, 0) is 62.4 Å². The minimum atomic E-state index is -0.235. The molecule has 1 aromatic heterocycles. The van der Waals surface area contributed by atoms with E-state index in [-0.39, 0.29) is 28.5 Å². The lowest BCUT2D eigenvalue weighted by atomic mass is 9.93. The molecule has 3 rings (SSSR count). The number of benzene rings is 1. The van der Waals surface area contributed by atoms with Gasteiger partial charge in [-0.1, -0.05) is 26.8 Å². The molecule has 0 aliphatic carbocycles. The van der Waals surface area contributed by atoms with Crippen molar-refractivity contribution in [3.63, 3.8) is 0 Å². The number of aryl methyl sites for hydroxylation is 1. The number of piperidine rings is 1. The maximum Gasteiger partial charge on any atom is 0.264 e. The fourth-order valence-corrected chi connectivity index (χ4v) is 5.20. The number of carbonyl (C=O) groups excluding carboxylic acids is 1. The van der Waals surface area contributed by atoms with E-state index in [0.717, 1.165) is 52.2 Å². The number of ether oxygens (including phenoxy) is 2. The van der Waals surface area contributed by atoms with Crippen molar-refractivity contribution in [1.82, 2.24) is 14.4 Å². The van der Waals surface area contributed by atoms with Gasteiger partial charge in [0.25, 0.3) is 11.5 Å². The molecule has 0 atom stereocenters. The van der Waals surface area contributed by atoms with Crippen LogP contribution < -0.4 is 15.0 Å². The molecule has 0 spiro atoms. The van der Waals surface area contributed by atoms with E-state index < -0.39 is 0 Å². The normalized spacial score (nSPS) is 14.9. The van der Waals surface area contributed by atoms with Crippen molar-refractivity contribution in [2.45, 2.75) is 60.0 Å². The van der Waals surface area contributed by atoms with Crippen LogP contribution in [-0.2, 0) is 18.4 Å². The summed E-state index contributed by atoms with van der Waals surface area (Å²) in [5.41, 5.74) is 4.46. The number of pyridine rings is 1. The molecule has 8 heteroatoms. The predicted molar refractivity (Wildman–Crippen MR) is 154 cm³/mol. The van der Waals surface area contributed by atoms with Crippen LogP contribution in [-0.4, -0.2) is 60.7 Å². The molecule has 1 fully saturated rings. The van der Waals surface area contributed by atoms with Crippen LogP contribution in [0, 0.1) is 30.6 Å². The van der Waals surface area contributed by atoms with Crippen LogP contribution in [0.1, 0.15) is 50.3 Å². The first-order valence-electron chi connectivity index (χ1n) is 13.4. The minimum Gasteiger partial charge on any atom is -0.496 e. The molecule has 0 unspecified atom stereocenters. The van der Waals surface area contributed by atoms with Crippen LogP contribution in [0.4, 0.5) is 0 Å². The number of carbonyl (C=O) groups is 1. The van der Waals surface area contributed by atoms with E-state index in [1.165, 1.54) is 0 Å². The summed E-state index contributed by atoms with van der Waals surface area (Å²) in [6.07, 6.45) is 5.24. The van der Waals surface area contributed by atoms with Crippen molar-refractivity contribution in [3.8, 4) is 28.7 Å². The van der Waals surface area contributed by atoms with E-state index in [1.54, 1.807) is 36.8 Å². The summed E-state index contributed by atoms with van der Waals surface area (Å²) in [5, 5.41) is 9.53. The van der Waals surface area contributed by atoms with Crippen molar-refractivity contribution >= 4 is 5.91 Å². The summed E-state index contributed by atoms with van der Waals surface area (Å²) in [6, 6.07) is 6.37. The van der Waals surface area contributed by atoms with Crippen LogP contribution >= 0.6 is 0 Å². The van der Waals surface area contributed by atoms with Crippen LogP contribution in [0.5, 0.6) is 11.5 Å². The smallest absolute Gasteiger partial charge is 0.264 e. The van der Waals surface area contributed by atoms with Gasteiger partial charge in [0.1, 0.15) is 23.1 Å². The van der Waals surface area contributed by atoms with Crippen molar-refractivity contribution in [2.75, 3.05) is 34.4 Å². The lowest BCUT2D eigenvalue weighted by Crippen LogP contribution is -2.45. The molecule has 210 valence electrons. The third-order valence-corrected chi connectivity index (χ3v) is 7.56. The molecule has 8 nitrogen and oxygen atoms in total. The van der Waals surface area contributed by atoms with E-state index in [2.05, 4.69) is 18.0 Å². The Morgan fingerprint density at radius 1 is 1.13 bits per heavy atom. The molecule has 0 saturated carbocycles. The number of nitriles is 1. The highest BCUT2D eigenvalue weighted by Crippen LogP contribution is 2.37. The molecule has 0 N–H and O–H groups in total. The molecule has 1 aliphatic rings. The first kappa shape index (κ1) is 30.0. The summed E-state index contributed by atoms with van der Waals surface area (Å²) in [4.78, 5) is 29.4. The van der Waals surface area contributed by atoms with Crippen LogP contribution in [0.15, 0.2) is 34.8 Å². The second-order valence-corrected chi connectivity index (χ2v) is 11.5. The quantitative estimate of drug-likeness (QED) is 0.381. The first-order valence-corrected chi connectivity index (χ1v) is 13.4. The largest absolute Gasteiger partial charge is 0.496 e. The molecular formula is C31H42N4O4. The van der Waals surface area contributed by atoms with Crippen LogP contribution in [0.3, 0.4) is 0 Å². The number of aromatic nitrogens is 1. The lowest BCUT2D eigenvalue weighted by molar-refractivity contribution is -0.128. The fourth-order valence-electron chi connectivity index (χ4n) is 5.20. The van der Waals surface area contributed by atoms with Gasteiger partial charge in [-0.2, -0.15) is 5.26 Å². The van der Waals surface area contributed by atoms with E-state index >= 15 is 0 Å². The zero-order valence-corrected chi connectivity index (χ0v) is 24.8. The van der Waals surface area contributed by atoms with Gasteiger partial charge in [0.05, 0.1) is 19.8 Å². The van der Waals surface area contributed by atoms with Gasteiger partial charge >= 0.3 is 0 Å². The summed E-state index contributed by atoms with van der Waals surface area (Å²) < 4.78 is 13.3. The predicted octanol–water partition coefficient (Wildman–Crippen LogP) is 4.61. The number of hydrogen-bond donors (Lipinski definition) is 0. The van der Waals surface area contributed by atoms with Gasteiger partial charge in [0, 0.05) is 50.0 Å². The number of nitrogens with zero attached hydrogens (tertiary/aromatic N) is 4. The molecule has 0 bridgehead atoms. The highest BCUT2D eigenvalue weighted by atomic mass is 16.5. The maximum atomic E-state index is 12.9. The van der Waals surface area contributed by atoms with Gasteiger partial charge in [-0.3, -0.25) is 14.5 Å². The van der Waals surface area contributed by atoms with E-state index in [9.17, 15) is 14.9 Å². The second-order valence-electron chi connectivity index (χ2n) is 11.5. The van der Waals surface area contributed by atoms with E-state index in [4.69, 9.17) is 9.47 Å². The first-order chi connectivity index (χ1) is 18.3. The summed E-state index contributed by atoms with van der Waals surface area (Å²) >= 11 is 0. The average Bonchev–Trinajstić information content (AvgIpc) is 2.91. The Bertz CT molecular complexity index is 1330. The molecular weight excluding hydrogens is 492 g/mol. The number of likely N-dealkylation sites (tertiary alicyclic amines) is 1. The van der Waals surface area contributed by atoms with Crippen LogP contribution in [0.25, 0.3) is 11.1 Å². The maximum absolute atomic E-state index is 12.9. The Balaban J connectivity index is 1.80. The molecule has 1 saturated heterocycles. The van der Waals surface area contributed by atoms with Gasteiger partial charge < -0.3 is 18.9 Å². The highest BCUT2D eigenvalue weighted by Gasteiger charge is 2.29. The number of methoxy groups -OCH3 is 2. The standard InChI is InChI=1S/C31H42N4O4/c1-20-21(2)29(36)34(7)18-25(20)22-14-27(38-8)26(28(15-22)39-9)19-33(6)24-10-12-35(13-11-24)30(37)23(17-32)16-31(3,4)5/h14-16,18,24H,10-13,19H2,1-9H3/b23-16+. The van der Waals surface area contributed by atoms with Crippen molar-refractivity contribution in [1.29, 1.82) is 5.26 Å². The van der Waals surface area contributed by atoms with E-state index in [1.807, 2.05) is 52.9 Å². The molecule has 1 aliphatic heterocycles. The van der Waals surface area contributed by atoms with Gasteiger partial charge in [0.2, 0.25) is 0 Å². The molecule has 0 radical (unpaired) electrons. The Kier molecular flexibility index (Phi) is 9.29. The second kappa shape index (κ2) is 12.1. The number of amides is 1. The van der Waals surface area contributed by atoms with Gasteiger partial charge in [-0.25, -0.2) is 0 Å². The Labute approximate surface area is 232 Å². The number of allylic oxidation sites excluding steroid dienone is 1.